The first-order chi connectivity index (χ1) is 10.0. The third-order valence-corrected chi connectivity index (χ3v) is 3.40. The van der Waals surface area contributed by atoms with Crippen molar-refractivity contribution < 1.29 is 18.7 Å². The topological polar surface area (TPSA) is 58.6 Å². The fourth-order valence-corrected chi connectivity index (χ4v) is 2.18. The Balaban J connectivity index is 1.62. The molecule has 21 heavy (non-hydrogen) atoms. The van der Waals surface area contributed by atoms with Gasteiger partial charge in [0.25, 0.3) is 0 Å². The number of hydrogen-bond donors (Lipinski definition) is 1. The number of rotatable bonds is 6. The van der Waals surface area contributed by atoms with Crippen molar-refractivity contribution in [1.82, 2.24) is 10.2 Å². The number of nitrogens with zero attached hydrogens (tertiary/aromatic N) is 1. The van der Waals surface area contributed by atoms with Crippen LogP contribution in [0.5, 0.6) is 0 Å². The molecular formula is C15H19FN2O3. The Hall–Kier alpha value is -2.11. The van der Waals surface area contributed by atoms with Crippen LogP contribution in [0, 0.1) is 5.82 Å². The highest BCUT2D eigenvalue weighted by molar-refractivity contribution is 5.76. The van der Waals surface area contributed by atoms with E-state index in [9.17, 15) is 14.0 Å². The standard InChI is InChI=1S/C15H19FN2O3/c1-18-10-13(21-15(18)20)6-7-14(19)17-9-8-11-2-4-12(16)5-3-11/h2-5,13H,6-10H2,1H3,(H,17,19). The van der Waals surface area contributed by atoms with E-state index in [1.54, 1.807) is 19.2 Å². The normalized spacial score (nSPS) is 17.7. The molecule has 1 unspecified atom stereocenters. The summed E-state index contributed by atoms with van der Waals surface area (Å²) in [5, 5.41) is 2.81. The van der Waals surface area contributed by atoms with Gasteiger partial charge < -0.3 is 15.0 Å². The van der Waals surface area contributed by atoms with Crippen LogP contribution in [-0.2, 0) is 16.0 Å². The van der Waals surface area contributed by atoms with E-state index in [1.165, 1.54) is 17.0 Å². The lowest BCUT2D eigenvalue weighted by molar-refractivity contribution is -0.121. The molecule has 1 aliphatic heterocycles. The molecule has 1 fully saturated rings. The molecule has 114 valence electrons. The SMILES string of the molecule is CN1CC(CCC(=O)NCCc2ccc(F)cc2)OC1=O. The van der Waals surface area contributed by atoms with Crippen molar-refractivity contribution >= 4 is 12.0 Å². The molecule has 1 atom stereocenters. The van der Waals surface area contributed by atoms with Crippen LogP contribution in [0.1, 0.15) is 18.4 Å². The molecule has 2 amide bonds. The van der Waals surface area contributed by atoms with E-state index in [0.717, 1.165) is 5.56 Å². The Labute approximate surface area is 123 Å². The van der Waals surface area contributed by atoms with Gasteiger partial charge in [0.05, 0.1) is 6.54 Å². The number of nitrogens with one attached hydrogen (secondary N) is 1. The fourth-order valence-electron chi connectivity index (χ4n) is 2.18. The van der Waals surface area contributed by atoms with Gasteiger partial charge in [0.1, 0.15) is 11.9 Å². The van der Waals surface area contributed by atoms with Crippen molar-refractivity contribution in [3.05, 3.63) is 35.6 Å². The zero-order valence-electron chi connectivity index (χ0n) is 12.0. The van der Waals surface area contributed by atoms with E-state index in [0.29, 0.717) is 32.4 Å². The minimum atomic E-state index is -0.336. The van der Waals surface area contributed by atoms with E-state index < -0.39 is 0 Å². The van der Waals surface area contributed by atoms with Crippen LogP contribution in [0.15, 0.2) is 24.3 Å². The molecule has 0 aromatic heterocycles. The van der Waals surface area contributed by atoms with Crippen LogP contribution in [-0.4, -0.2) is 43.1 Å². The number of likely N-dealkylation sites (N-methyl/N-ethyl adjacent to an activating group) is 1. The molecular weight excluding hydrogens is 275 g/mol. The maximum Gasteiger partial charge on any atom is 0.409 e. The maximum absolute atomic E-state index is 12.7. The average molecular weight is 294 g/mol. The first kappa shape index (κ1) is 15.3. The average Bonchev–Trinajstić information content (AvgIpc) is 2.78. The fraction of sp³-hybridized carbons (Fsp3) is 0.467. The molecule has 0 spiro atoms. The number of amides is 2. The molecule has 2 rings (SSSR count). The van der Waals surface area contributed by atoms with Gasteiger partial charge in [-0.15, -0.1) is 0 Å². The molecule has 0 saturated carbocycles. The van der Waals surface area contributed by atoms with Crippen molar-refractivity contribution in [3.8, 4) is 0 Å². The lowest BCUT2D eigenvalue weighted by Gasteiger charge is -2.08. The predicted molar refractivity (Wildman–Crippen MR) is 75.2 cm³/mol. The molecule has 6 heteroatoms. The lowest BCUT2D eigenvalue weighted by Crippen LogP contribution is -2.27. The van der Waals surface area contributed by atoms with Gasteiger partial charge in [0.15, 0.2) is 0 Å². The molecule has 0 aliphatic carbocycles. The Morgan fingerprint density at radius 1 is 1.43 bits per heavy atom. The molecule has 1 N–H and O–H groups in total. The van der Waals surface area contributed by atoms with Gasteiger partial charge in [-0.2, -0.15) is 0 Å². The number of benzene rings is 1. The van der Waals surface area contributed by atoms with Crippen molar-refractivity contribution in [1.29, 1.82) is 0 Å². The summed E-state index contributed by atoms with van der Waals surface area (Å²) in [6.07, 6.45) is 0.975. The van der Waals surface area contributed by atoms with Crippen molar-refractivity contribution in [3.63, 3.8) is 0 Å². The van der Waals surface area contributed by atoms with Crippen molar-refractivity contribution in [2.24, 2.45) is 0 Å². The molecule has 1 aliphatic rings. The highest BCUT2D eigenvalue weighted by atomic mass is 19.1. The van der Waals surface area contributed by atoms with Crippen LogP contribution in [0.2, 0.25) is 0 Å². The van der Waals surface area contributed by atoms with E-state index in [2.05, 4.69) is 5.32 Å². The zero-order chi connectivity index (χ0) is 15.2. The van der Waals surface area contributed by atoms with Crippen LogP contribution >= 0.6 is 0 Å². The van der Waals surface area contributed by atoms with Gasteiger partial charge in [0.2, 0.25) is 5.91 Å². The van der Waals surface area contributed by atoms with Crippen molar-refractivity contribution in [2.75, 3.05) is 20.1 Å². The number of carbonyl (C=O) groups is 2. The van der Waals surface area contributed by atoms with Crippen LogP contribution in [0.3, 0.4) is 0 Å². The Morgan fingerprint density at radius 2 is 2.14 bits per heavy atom. The summed E-state index contributed by atoms with van der Waals surface area (Å²) in [5.41, 5.74) is 0.975. The quantitative estimate of drug-likeness (QED) is 0.869. The zero-order valence-corrected chi connectivity index (χ0v) is 12.0. The molecule has 1 aromatic rings. The second-order valence-corrected chi connectivity index (χ2v) is 5.15. The van der Waals surface area contributed by atoms with Crippen molar-refractivity contribution in [2.45, 2.75) is 25.4 Å². The van der Waals surface area contributed by atoms with Crippen LogP contribution in [0.4, 0.5) is 9.18 Å². The third kappa shape index (κ3) is 4.73. The second kappa shape index (κ2) is 7.06. The van der Waals surface area contributed by atoms with E-state index in [1.807, 2.05) is 0 Å². The summed E-state index contributed by atoms with van der Waals surface area (Å²) in [4.78, 5) is 24.3. The van der Waals surface area contributed by atoms with Gasteiger partial charge in [0, 0.05) is 20.0 Å². The molecule has 1 heterocycles. The largest absolute Gasteiger partial charge is 0.444 e. The number of hydrogen-bond acceptors (Lipinski definition) is 3. The first-order valence-corrected chi connectivity index (χ1v) is 6.97. The van der Waals surface area contributed by atoms with E-state index in [4.69, 9.17) is 4.74 Å². The molecule has 1 saturated heterocycles. The van der Waals surface area contributed by atoms with Crippen LogP contribution in [0.25, 0.3) is 0 Å². The minimum Gasteiger partial charge on any atom is -0.444 e. The predicted octanol–water partition coefficient (Wildman–Crippen LogP) is 1.72. The van der Waals surface area contributed by atoms with Gasteiger partial charge in [-0.1, -0.05) is 12.1 Å². The summed E-state index contributed by atoms with van der Waals surface area (Å²) in [6.45, 7) is 1.04. The summed E-state index contributed by atoms with van der Waals surface area (Å²) >= 11 is 0. The summed E-state index contributed by atoms with van der Waals surface area (Å²) in [5.74, 6) is -0.332. The highest BCUT2D eigenvalue weighted by Crippen LogP contribution is 2.13. The molecule has 0 bridgehead atoms. The lowest BCUT2D eigenvalue weighted by atomic mass is 10.1. The Kier molecular flexibility index (Phi) is 5.14. The smallest absolute Gasteiger partial charge is 0.409 e. The Bertz CT molecular complexity index is 504. The molecule has 0 radical (unpaired) electrons. The number of halogens is 1. The molecule has 1 aromatic carbocycles. The highest BCUT2D eigenvalue weighted by Gasteiger charge is 2.28. The number of carbonyl (C=O) groups excluding carboxylic acids is 2. The van der Waals surface area contributed by atoms with Gasteiger partial charge in [-0.3, -0.25) is 4.79 Å². The summed E-state index contributed by atoms with van der Waals surface area (Å²) in [6, 6.07) is 6.22. The van der Waals surface area contributed by atoms with Gasteiger partial charge in [-0.05, 0) is 30.5 Å². The maximum atomic E-state index is 12.7. The minimum absolute atomic E-state index is 0.0669. The first-order valence-electron chi connectivity index (χ1n) is 6.97. The van der Waals surface area contributed by atoms with Crippen LogP contribution < -0.4 is 5.32 Å². The van der Waals surface area contributed by atoms with E-state index >= 15 is 0 Å². The van der Waals surface area contributed by atoms with Gasteiger partial charge in [-0.25, -0.2) is 9.18 Å². The number of cyclic esters (lactones) is 1. The number of ether oxygens (including phenoxy) is 1. The molecule has 5 nitrogen and oxygen atoms in total. The monoisotopic (exact) mass is 294 g/mol. The second-order valence-electron chi connectivity index (χ2n) is 5.15. The Morgan fingerprint density at radius 3 is 2.76 bits per heavy atom. The summed E-state index contributed by atoms with van der Waals surface area (Å²) in [7, 11) is 1.67. The van der Waals surface area contributed by atoms with Gasteiger partial charge >= 0.3 is 6.09 Å². The van der Waals surface area contributed by atoms with E-state index in [-0.39, 0.29) is 23.9 Å². The third-order valence-electron chi connectivity index (χ3n) is 3.40. The summed E-state index contributed by atoms with van der Waals surface area (Å²) < 4.78 is 17.8.